The van der Waals surface area contributed by atoms with E-state index in [1.807, 2.05) is 13.8 Å². The molecule has 0 radical (unpaired) electrons. The summed E-state index contributed by atoms with van der Waals surface area (Å²) in [6.45, 7) is 5.24. The summed E-state index contributed by atoms with van der Waals surface area (Å²) in [5.41, 5.74) is -0.660. The monoisotopic (exact) mass is 298 g/mol. The molecule has 3 N–H and O–H groups in total. The van der Waals surface area contributed by atoms with Crippen molar-refractivity contribution in [1.82, 2.24) is 5.32 Å². The first-order chi connectivity index (χ1) is 9.91. The average molecular weight is 298 g/mol. The highest BCUT2D eigenvalue weighted by Crippen LogP contribution is 2.18. The number of carboxylic acid groups (broad SMARTS) is 1. The third kappa shape index (κ3) is 5.78. The zero-order valence-corrected chi connectivity index (χ0v) is 12.0. The Hall–Kier alpha value is -2.15. The van der Waals surface area contributed by atoms with Gasteiger partial charge < -0.3 is 20.5 Å². The van der Waals surface area contributed by atoms with Gasteiger partial charge in [-0.2, -0.15) is 0 Å². The van der Waals surface area contributed by atoms with Gasteiger partial charge in [-0.15, -0.1) is 0 Å². The number of halogens is 1. The molecule has 0 aromatic heterocycles. The molecule has 0 aliphatic rings. The average Bonchev–Trinajstić information content (AvgIpc) is 2.37. The molecule has 0 unspecified atom stereocenters. The lowest BCUT2D eigenvalue weighted by molar-refractivity contribution is 0.0693. The van der Waals surface area contributed by atoms with Crippen molar-refractivity contribution in [2.75, 3.05) is 25.1 Å². The minimum atomic E-state index is -1.44. The first-order valence-electron chi connectivity index (χ1n) is 6.56. The summed E-state index contributed by atoms with van der Waals surface area (Å²) in [6, 6.07) is 3.05. The maximum atomic E-state index is 13.4. The van der Waals surface area contributed by atoms with Gasteiger partial charge in [0.2, 0.25) is 0 Å². The van der Waals surface area contributed by atoms with Gasteiger partial charge in [0.25, 0.3) is 0 Å². The molecule has 6 nitrogen and oxygen atoms in total. The molecular formula is C14H19FN2O4. The van der Waals surface area contributed by atoms with Crippen molar-refractivity contribution in [1.29, 1.82) is 0 Å². The van der Waals surface area contributed by atoms with E-state index in [-0.39, 0.29) is 12.2 Å². The van der Waals surface area contributed by atoms with E-state index in [0.717, 1.165) is 6.07 Å². The van der Waals surface area contributed by atoms with Crippen molar-refractivity contribution >= 4 is 17.7 Å². The molecule has 2 amide bonds. The van der Waals surface area contributed by atoms with E-state index in [1.54, 1.807) is 0 Å². The van der Waals surface area contributed by atoms with Gasteiger partial charge in [0.05, 0.1) is 12.3 Å². The number of nitrogens with one attached hydrogen (secondary N) is 2. The van der Waals surface area contributed by atoms with Gasteiger partial charge in [0.15, 0.2) is 0 Å². The van der Waals surface area contributed by atoms with Crippen LogP contribution < -0.4 is 10.6 Å². The maximum absolute atomic E-state index is 13.4. The number of anilines is 1. The number of hydrogen-bond donors (Lipinski definition) is 3. The molecule has 116 valence electrons. The zero-order chi connectivity index (χ0) is 15.8. The molecule has 0 saturated carbocycles. The van der Waals surface area contributed by atoms with Crippen LogP contribution in [-0.2, 0) is 4.74 Å². The van der Waals surface area contributed by atoms with Crippen molar-refractivity contribution in [3.05, 3.63) is 29.6 Å². The number of carbonyl (C=O) groups is 2. The number of urea groups is 1. The SMILES string of the molecule is CC(C)COCCNC(=O)Nc1cccc(F)c1C(=O)O. The van der Waals surface area contributed by atoms with Crippen LogP contribution in [0, 0.1) is 11.7 Å². The highest BCUT2D eigenvalue weighted by atomic mass is 19.1. The Labute approximate surface area is 122 Å². The lowest BCUT2D eigenvalue weighted by Crippen LogP contribution is -2.32. The van der Waals surface area contributed by atoms with Crippen LogP contribution in [-0.4, -0.2) is 36.9 Å². The van der Waals surface area contributed by atoms with Crippen molar-refractivity contribution in [2.24, 2.45) is 5.92 Å². The minimum absolute atomic E-state index is 0.0944. The molecule has 0 bridgehead atoms. The van der Waals surface area contributed by atoms with Crippen molar-refractivity contribution in [2.45, 2.75) is 13.8 Å². The van der Waals surface area contributed by atoms with Crippen LogP contribution in [0.1, 0.15) is 24.2 Å². The fraction of sp³-hybridized carbons (Fsp3) is 0.429. The predicted octanol–water partition coefficient (Wildman–Crippen LogP) is 2.32. The van der Waals surface area contributed by atoms with Crippen LogP contribution in [0.25, 0.3) is 0 Å². The third-order valence-electron chi connectivity index (χ3n) is 2.46. The number of amides is 2. The van der Waals surface area contributed by atoms with Crippen LogP contribution in [0.5, 0.6) is 0 Å². The van der Waals surface area contributed by atoms with Gasteiger partial charge in [0, 0.05) is 13.2 Å². The van der Waals surface area contributed by atoms with E-state index in [4.69, 9.17) is 9.84 Å². The second kappa shape index (κ2) is 8.21. The van der Waals surface area contributed by atoms with Gasteiger partial charge in [-0.25, -0.2) is 14.0 Å². The molecule has 0 saturated heterocycles. The summed E-state index contributed by atoms with van der Waals surface area (Å²) >= 11 is 0. The highest BCUT2D eigenvalue weighted by molar-refractivity contribution is 6.00. The van der Waals surface area contributed by atoms with E-state index in [9.17, 15) is 14.0 Å². The first kappa shape index (κ1) is 16.9. The second-order valence-corrected chi connectivity index (χ2v) is 4.82. The normalized spacial score (nSPS) is 10.5. The smallest absolute Gasteiger partial charge is 0.340 e. The number of rotatable bonds is 7. The summed E-state index contributed by atoms with van der Waals surface area (Å²) in [4.78, 5) is 22.6. The summed E-state index contributed by atoms with van der Waals surface area (Å²) in [6.07, 6.45) is 0. The number of carbonyl (C=O) groups excluding carboxylic acids is 1. The lowest BCUT2D eigenvalue weighted by atomic mass is 10.1. The molecule has 21 heavy (non-hydrogen) atoms. The quantitative estimate of drug-likeness (QED) is 0.674. The molecule has 0 heterocycles. The molecule has 0 atom stereocenters. The Kier molecular flexibility index (Phi) is 6.61. The van der Waals surface area contributed by atoms with Crippen molar-refractivity contribution in [3.63, 3.8) is 0 Å². The number of benzene rings is 1. The molecule has 1 rings (SSSR count). The van der Waals surface area contributed by atoms with Gasteiger partial charge in [-0.3, -0.25) is 0 Å². The standard InChI is InChI=1S/C14H19FN2O4/c1-9(2)8-21-7-6-16-14(20)17-11-5-3-4-10(15)12(11)13(18)19/h3-5,9H,6-8H2,1-2H3,(H,18,19)(H2,16,17,20). The Morgan fingerprint density at radius 2 is 2.10 bits per heavy atom. The van der Waals surface area contributed by atoms with Gasteiger partial charge in [0.1, 0.15) is 11.4 Å². The molecule has 0 aliphatic heterocycles. The largest absolute Gasteiger partial charge is 0.478 e. The number of hydrogen-bond acceptors (Lipinski definition) is 3. The summed E-state index contributed by atoms with van der Waals surface area (Å²) < 4.78 is 18.7. The first-order valence-corrected chi connectivity index (χ1v) is 6.56. The molecule has 0 fully saturated rings. The summed E-state index contributed by atoms with van der Waals surface area (Å²) in [7, 11) is 0. The van der Waals surface area contributed by atoms with Gasteiger partial charge in [-0.1, -0.05) is 19.9 Å². The van der Waals surface area contributed by atoms with Crippen LogP contribution in [0.2, 0.25) is 0 Å². The van der Waals surface area contributed by atoms with Crippen LogP contribution in [0.15, 0.2) is 18.2 Å². The number of ether oxygens (including phenoxy) is 1. The Bertz CT molecular complexity index is 506. The van der Waals surface area contributed by atoms with Crippen LogP contribution in [0.4, 0.5) is 14.9 Å². The molecule has 7 heteroatoms. The zero-order valence-electron chi connectivity index (χ0n) is 12.0. The van der Waals surface area contributed by atoms with E-state index < -0.39 is 23.4 Å². The third-order valence-corrected chi connectivity index (χ3v) is 2.46. The topological polar surface area (TPSA) is 87.7 Å². The number of aromatic carboxylic acids is 1. The summed E-state index contributed by atoms with van der Waals surface area (Å²) in [5, 5.41) is 13.7. The highest BCUT2D eigenvalue weighted by Gasteiger charge is 2.16. The predicted molar refractivity (Wildman–Crippen MR) is 76.0 cm³/mol. The minimum Gasteiger partial charge on any atom is -0.478 e. The summed E-state index contributed by atoms with van der Waals surface area (Å²) in [5.74, 6) is -1.94. The molecular weight excluding hydrogens is 279 g/mol. The molecule has 0 aliphatic carbocycles. The maximum Gasteiger partial charge on any atom is 0.340 e. The Morgan fingerprint density at radius 1 is 1.38 bits per heavy atom. The molecule has 1 aromatic rings. The van der Waals surface area contributed by atoms with E-state index in [1.165, 1.54) is 12.1 Å². The van der Waals surface area contributed by atoms with E-state index >= 15 is 0 Å². The molecule has 0 spiro atoms. The number of carboxylic acids is 1. The Balaban J connectivity index is 2.48. The fourth-order valence-corrected chi connectivity index (χ4v) is 1.57. The molecule has 1 aromatic carbocycles. The Morgan fingerprint density at radius 3 is 2.71 bits per heavy atom. The van der Waals surface area contributed by atoms with Crippen LogP contribution in [0.3, 0.4) is 0 Å². The van der Waals surface area contributed by atoms with Gasteiger partial charge in [-0.05, 0) is 18.1 Å². The van der Waals surface area contributed by atoms with E-state index in [2.05, 4.69) is 10.6 Å². The van der Waals surface area contributed by atoms with Gasteiger partial charge >= 0.3 is 12.0 Å². The second-order valence-electron chi connectivity index (χ2n) is 4.82. The van der Waals surface area contributed by atoms with Crippen LogP contribution >= 0.6 is 0 Å². The van der Waals surface area contributed by atoms with Crippen molar-refractivity contribution < 1.29 is 23.8 Å². The lowest BCUT2D eigenvalue weighted by Gasteiger charge is -2.11. The van der Waals surface area contributed by atoms with E-state index in [0.29, 0.717) is 19.1 Å². The fourth-order valence-electron chi connectivity index (χ4n) is 1.57. The van der Waals surface area contributed by atoms with Crippen molar-refractivity contribution in [3.8, 4) is 0 Å².